The first-order chi connectivity index (χ1) is 35.7. The van der Waals surface area contributed by atoms with Crippen LogP contribution in [0.3, 0.4) is 0 Å². The highest BCUT2D eigenvalue weighted by Gasteiger charge is 2.52. The van der Waals surface area contributed by atoms with Crippen molar-refractivity contribution in [3.63, 3.8) is 0 Å². The van der Waals surface area contributed by atoms with Crippen LogP contribution in [0.15, 0.2) is 243 Å². The highest BCUT2D eigenvalue weighted by Crippen LogP contribution is 2.64. The number of hydrogen-bond acceptors (Lipinski definition) is 2. The van der Waals surface area contributed by atoms with Crippen molar-refractivity contribution in [2.24, 2.45) is 0 Å². The average Bonchev–Trinajstić information content (AvgIpc) is 4.05. The Bertz CT molecular complexity index is 4060. The number of fused-ring (bicyclic) bond motifs is 17. The predicted molar refractivity (Wildman–Crippen MR) is 305 cm³/mol. The summed E-state index contributed by atoms with van der Waals surface area (Å²) in [6.45, 7) is 9.48. The molecule has 15 rings (SSSR count). The third-order valence-corrected chi connectivity index (χ3v) is 17.2. The number of nitrogens with zero attached hydrogens (tertiary/aromatic N) is 2. The number of para-hydroxylation sites is 2. The van der Waals surface area contributed by atoms with Crippen LogP contribution in [-0.2, 0) is 16.2 Å². The van der Waals surface area contributed by atoms with Crippen LogP contribution in [0.25, 0.3) is 55.3 Å². The van der Waals surface area contributed by atoms with E-state index in [1.54, 1.807) is 0 Å². The Hall–Kier alpha value is -8.72. The van der Waals surface area contributed by atoms with Crippen molar-refractivity contribution in [3.05, 3.63) is 287 Å². The second kappa shape index (κ2) is 15.2. The number of hydrogen-bond donors (Lipinski definition) is 0. The fourth-order valence-corrected chi connectivity index (χ4v) is 13.8. The molecule has 11 aromatic rings. The lowest BCUT2D eigenvalue weighted by molar-refractivity contribution is 0.660. The molecule has 2 nitrogen and oxygen atoms in total. The lowest BCUT2D eigenvalue weighted by Gasteiger charge is -2.32. The first-order valence-electron chi connectivity index (χ1n) is 25.8. The monoisotopic (exact) mass is 932 g/mol. The molecular weight excluding hydrogens is 881 g/mol. The molecule has 2 heteroatoms. The highest BCUT2D eigenvalue weighted by atomic mass is 15.1. The van der Waals surface area contributed by atoms with Crippen LogP contribution in [0.1, 0.15) is 72.2 Å². The van der Waals surface area contributed by atoms with Gasteiger partial charge in [0.2, 0.25) is 0 Å². The zero-order valence-electron chi connectivity index (χ0n) is 41.5. The average molecular weight is 933 g/mol. The molecule has 73 heavy (non-hydrogen) atoms. The number of rotatable bonds is 6. The summed E-state index contributed by atoms with van der Waals surface area (Å²) in [5.74, 6) is 0. The van der Waals surface area contributed by atoms with Crippen molar-refractivity contribution in [2.75, 3.05) is 9.80 Å². The Morgan fingerprint density at radius 3 is 1.04 bits per heavy atom. The number of benzene rings is 11. The molecule has 0 atom stereocenters. The Balaban J connectivity index is 0.931. The summed E-state index contributed by atoms with van der Waals surface area (Å²) in [4.78, 5) is 4.92. The van der Waals surface area contributed by atoms with Gasteiger partial charge in [0.1, 0.15) is 0 Å². The van der Waals surface area contributed by atoms with Gasteiger partial charge in [0, 0.05) is 45.0 Å². The topological polar surface area (TPSA) is 6.48 Å². The Morgan fingerprint density at radius 2 is 0.562 bits per heavy atom. The zero-order chi connectivity index (χ0) is 48.8. The van der Waals surface area contributed by atoms with Crippen LogP contribution < -0.4 is 9.80 Å². The molecule has 0 N–H and O–H groups in total. The molecule has 0 aliphatic heterocycles. The summed E-state index contributed by atoms with van der Waals surface area (Å²) < 4.78 is 0. The van der Waals surface area contributed by atoms with E-state index < -0.39 is 5.41 Å². The summed E-state index contributed by atoms with van der Waals surface area (Å²) in [5.41, 5.74) is 27.3. The van der Waals surface area contributed by atoms with Gasteiger partial charge in [-0.25, -0.2) is 0 Å². The van der Waals surface area contributed by atoms with E-state index in [0.29, 0.717) is 0 Å². The Labute approximate surface area is 428 Å². The molecule has 0 saturated carbocycles. The van der Waals surface area contributed by atoms with E-state index in [-0.39, 0.29) is 10.8 Å². The Kier molecular flexibility index (Phi) is 8.72. The van der Waals surface area contributed by atoms with E-state index in [9.17, 15) is 0 Å². The first-order valence-corrected chi connectivity index (χ1v) is 25.8. The zero-order valence-corrected chi connectivity index (χ0v) is 41.5. The van der Waals surface area contributed by atoms with E-state index in [0.717, 1.165) is 34.1 Å². The van der Waals surface area contributed by atoms with Gasteiger partial charge in [-0.15, -0.1) is 0 Å². The molecule has 4 aliphatic carbocycles. The lowest BCUT2D eigenvalue weighted by Crippen LogP contribution is -2.26. The minimum absolute atomic E-state index is 0.117. The smallest absolute Gasteiger partial charge is 0.0726 e. The van der Waals surface area contributed by atoms with E-state index in [2.05, 4.69) is 280 Å². The molecule has 0 heterocycles. The second-order valence-corrected chi connectivity index (χ2v) is 21.6. The Morgan fingerprint density at radius 1 is 0.219 bits per heavy atom. The molecule has 0 unspecified atom stereocenters. The second-order valence-electron chi connectivity index (χ2n) is 21.6. The third-order valence-electron chi connectivity index (χ3n) is 17.2. The fraction of sp³-hybridized carbons (Fsp3) is 0.0986. The van der Waals surface area contributed by atoms with Crippen molar-refractivity contribution in [3.8, 4) is 44.5 Å². The van der Waals surface area contributed by atoms with Gasteiger partial charge in [-0.3, -0.25) is 0 Å². The van der Waals surface area contributed by atoms with Gasteiger partial charge in [0.25, 0.3) is 0 Å². The maximum absolute atomic E-state index is 2.54. The van der Waals surface area contributed by atoms with E-state index in [4.69, 9.17) is 0 Å². The highest BCUT2D eigenvalue weighted by molar-refractivity contribution is 6.02. The van der Waals surface area contributed by atoms with Gasteiger partial charge >= 0.3 is 0 Å². The molecule has 1 spiro atoms. The van der Waals surface area contributed by atoms with Gasteiger partial charge in [-0.1, -0.05) is 185 Å². The lowest BCUT2D eigenvalue weighted by atomic mass is 9.70. The SMILES string of the molecule is CC1(C)c2ccccc2-c2ccc(N(c3ccccc3)c3ccc4c(c3)C3(c5ccccc5-c5ccccc53)c3cc5cc(N(c6ccccc6)c6ccc7c(c6)C(C)(C)c6ccccc6-7)ccc5cc3-4)cc21. The molecule has 0 aromatic heterocycles. The normalized spacial score (nSPS) is 14.9. The molecule has 0 amide bonds. The summed E-state index contributed by atoms with van der Waals surface area (Å²) in [6, 6.07) is 91.6. The molecule has 4 aliphatic rings. The third kappa shape index (κ3) is 5.75. The standard InChI is InChI=1S/C71H52N2/c1-69(2)61-27-15-11-23-53(61)57-36-33-50(42-65(57)69)72(47-19-7-5-8-20-47)49-32-31-45-40-60-59-38-35-52(44-68(59)71(67(60)41-46(45)39-49)63-29-17-13-25-55(63)56-26-14-18-30-64(56)71)73(48-21-9-6-10-22-48)51-34-37-58-54-24-12-16-28-62(54)70(3,4)66(58)43-51/h5-44H,1-4H3. The van der Waals surface area contributed by atoms with E-state index >= 15 is 0 Å². The van der Waals surface area contributed by atoms with Gasteiger partial charge in [-0.05, 0) is 185 Å². The molecule has 0 saturated heterocycles. The van der Waals surface area contributed by atoms with Gasteiger partial charge in [0.15, 0.2) is 0 Å². The van der Waals surface area contributed by atoms with Gasteiger partial charge in [0.05, 0.1) is 5.41 Å². The largest absolute Gasteiger partial charge is 0.310 e. The van der Waals surface area contributed by atoms with Crippen LogP contribution in [0.2, 0.25) is 0 Å². The maximum Gasteiger partial charge on any atom is 0.0726 e. The summed E-state index contributed by atoms with van der Waals surface area (Å²) >= 11 is 0. The van der Waals surface area contributed by atoms with E-state index in [1.807, 2.05) is 0 Å². The molecule has 11 aromatic carbocycles. The van der Waals surface area contributed by atoms with Crippen molar-refractivity contribution in [2.45, 2.75) is 43.9 Å². The van der Waals surface area contributed by atoms with Crippen molar-refractivity contribution in [1.29, 1.82) is 0 Å². The molecular formula is C71H52N2. The minimum atomic E-state index is -0.554. The summed E-state index contributed by atoms with van der Waals surface area (Å²) in [5, 5.41) is 2.44. The van der Waals surface area contributed by atoms with Gasteiger partial charge in [-0.2, -0.15) is 0 Å². The van der Waals surface area contributed by atoms with Crippen LogP contribution in [0.5, 0.6) is 0 Å². The van der Waals surface area contributed by atoms with Crippen molar-refractivity contribution >= 4 is 44.9 Å². The molecule has 0 bridgehead atoms. The van der Waals surface area contributed by atoms with Crippen molar-refractivity contribution in [1.82, 2.24) is 0 Å². The molecule has 0 fully saturated rings. The molecule has 346 valence electrons. The minimum Gasteiger partial charge on any atom is -0.310 e. The van der Waals surface area contributed by atoms with E-state index in [1.165, 1.54) is 99.8 Å². The van der Waals surface area contributed by atoms with Crippen LogP contribution in [0, 0.1) is 0 Å². The predicted octanol–water partition coefficient (Wildman–Crippen LogP) is 18.7. The van der Waals surface area contributed by atoms with Crippen LogP contribution in [0.4, 0.5) is 34.1 Å². The van der Waals surface area contributed by atoms with Crippen LogP contribution >= 0.6 is 0 Å². The molecule has 0 radical (unpaired) electrons. The van der Waals surface area contributed by atoms with Gasteiger partial charge < -0.3 is 9.80 Å². The number of anilines is 6. The van der Waals surface area contributed by atoms with Crippen LogP contribution in [-0.4, -0.2) is 0 Å². The summed E-state index contributed by atoms with van der Waals surface area (Å²) in [6.07, 6.45) is 0. The fourth-order valence-electron chi connectivity index (χ4n) is 13.8. The first kappa shape index (κ1) is 42.0. The summed E-state index contributed by atoms with van der Waals surface area (Å²) in [7, 11) is 0. The maximum atomic E-state index is 2.54. The quantitative estimate of drug-likeness (QED) is 0.164. The van der Waals surface area contributed by atoms with Crippen molar-refractivity contribution < 1.29 is 0 Å².